The molecule has 2 aliphatic rings. The van der Waals surface area contributed by atoms with Gasteiger partial charge in [0.1, 0.15) is 0 Å². The van der Waals surface area contributed by atoms with Crippen molar-refractivity contribution in [3.8, 4) is 0 Å². The predicted molar refractivity (Wildman–Crippen MR) is 58.0 cm³/mol. The van der Waals surface area contributed by atoms with Crippen LogP contribution in [0.5, 0.6) is 0 Å². The highest BCUT2D eigenvalue weighted by atomic mass is 79.9. The summed E-state index contributed by atoms with van der Waals surface area (Å²) in [6.45, 7) is 0. The Kier molecular flexibility index (Phi) is 1.51. The molecule has 2 N–H and O–H groups in total. The third kappa shape index (κ3) is 0.872. The van der Waals surface area contributed by atoms with Crippen LogP contribution in [0.2, 0.25) is 0 Å². The molecular weight excluding hydrogens is 226 g/mol. The summed E-state index contributed by atoms with van der Waals surface area (Å²) in [4.78, 5) is 0. The SMILES string of the molecule is Nc1c2c(c(Br)c3c1CC3)CCC2. The molecule has 0 radical (unpaired) electrons. The number of rotatable bonds is 0. The van der Waals surface area contributed by atoms with E-state index in [1.807, 2.05) is 0 Å². The topological polar surface area (TPSA) is 26.0 Å². The minimum absolute atomic E-state index is 1.11. The number of hydrogen-bond acceptors (Lipinski definition) is 1. The molecule has 0 fully saturated rings. The van der Waals surface area contributed by atoms with Gasteiger partial charge >= 0.3 is 0 Å². The van der Waals surface area contributed by atoms with Crippen molar-refractivity contribution < 1.29 is 0 Å². The van der Waals surface area contributed by atoms with E-state index in [1.54, 1.807) is 0 Å². The van der Waals surface area contributed by atoms with Gasteiger partial charge < -0.3 is 5.73 Å². The van der Waals surface area contributed by atoms with Crippen LogP contribution in [0.15, 0.2) is 4.47 Å². The molecule has 0 bridgehead atoms. The van der Waals surface area contributed by atoms with E-state index in [4.69, 9.17) is 5.73 Å². The van der Waals surface area contributed by atoms with Crippen molar-refractivity contribution >= 4 is 21.6 Å². The van der Waals surface area contributed by atoms with Crippen LogP contribution < -0.4 is 5.73 Å². The van der Waals surface area contributed by atoms with Crippen LogP contribution in [0.1, 0.15) is 28.7 Å². The van der Waals surface area contributed by atoms with E-state index in [0.29, 0.717) is 0 Å². The van der Waals surface area contributed by atoms with E-state index in [2.05, 4.69) is 15.9 Å². The van der Waals surface area contributed by atoms with Crippen LogP contribution in [-0.2, 0) is 25.7 Å². The largest absolute Gasteiger partial charge is 0.398 e. The Morgan fingerprint density at radius 3 is 2.08 bits per heavy atom. The van der Waals surface area contributed by atoms with Crippen molar-refractivity contribution in [2.24, 2.45) is 0 Å². The van der Waals surface area contributed by atoms with Crippen LogP contribution in [0.25, 0.3) is 0 Å². The molecule has 1 aromatic rings. The van der Waals surface area contributed by atoms with Gasteiger partial charge in [-0.3, -0.25) is 0 Å². The lowest BCUT2D eigenvalue weighted by Gasteiger charge is -2.25. The van der Waals surface area contributed by atoms with Gasteiger partial charge in [0, 0.05) is 10.2 Å². The number of hydrogen-bond donors (Lipinski definition) is 1. The highest BCUT2D eigenvalue weighted by Gasteiger charge is 2.27. The average molecular weight is 238 g/mol. The van der Waals surface area contributed by atoms with Gasteiger partial charge in [0.25, 0.3) is 0 Å². The van der Waals surface area contributed by atoms with E-state index in [-0.39, 0.29) is 0 Å². The molecule has 0 unspecified atom stereocenters. The van der Waals surface area contributed by atoms with Crippen molar-refractivity contribution in [3.63, 3.8) is 0 Å². The van der Waals surface area contributed by atoms with E-state index >= 15 is 0 Å². The maximum Gasteiger partial charge on any atom is 0.0385 e. The quantitative estimate of drug-likeness (QED) is 0.691. The van der Waals surface area contributed by atoms with Crippen molar-refractivity contribution in [1.82, 2.24) is 0 Å². The third-order valence-corrected chi connectivity index (χ3v) is 4.34. The van der Waals surface area contributed by atoms with Crippen LogP contribution in [0, 0.1) is 0 Å². The lowest BCUT2D eigenvalue weighted by atomic mass is 9.83. The molecule has 0 amide bonds. The second-order valence-electron chi connectivity index (χ2n) is 4.00. The summed E-state index contributed by atoms with van der Waals surface area (Å²) in [7, 11) is 0. The van der Waals surface area contributed by atoms with Crippen LogP contribution >= 0.6 is 15.9 Å². The number of anilines is 1. The van der Waals surface area contributed by atoms with Crippen LogP contribution in [-0.4, -0.2) is 0 Å². The number of halogens is 1. The van der Waals surface area contributed by atoms with Crippen molar-refractivity contribution in [2.75, 3.05) is 5.73 Å². The molecule has 0 saturated carbocycles. The van der Waals surface area contributed by atoms with Crippen LogP contribution in [0.3, 0.4) is 0 Å². The normalized spacial score (nSPS) is 17.9. The van der Waals surface area contributed by atoms with E-state index in [1.165, 1.54) is 58.8 Å². The van der Waals surface area contributed by atoms with Gasteiger partial charge in [-0.1, -0.05) is 15.9 Å². The van der Waals surface area contributed by atoms with E-state index < -0.39 is 0 Å². The van der Waals surface area contributed by atoms with Gasteiger partial charge in [-0.15, -0.1) is 0 Å². The fourth-order valence-corrected chi connectivity index (χ4v) is 3.44. The highest BCUT2D eigenvalue weighted by molar-refractivity contribution is 9.10. The van der Waals surface area contributed by atoms with Crippen molar-refractivity contribution in [2.45, 2.75) is 32.1 Å². The summed E-state index contributed by atoms with van der Waals surface area (Å²) in [5, 5.41) is 0. The molecule has 0 aliphatic heterocycles. The molecule has 1 aromatic carbocycles. The summed E-state index contributed by atoms with van der Waals surface area (Å²) in [6.07, 6.45) is 6.09. The summed E-state index contributed by atoms with van der Waals surface area (Å²) in [5.74, 6) is 0. The number of nitrogen functional groups attached to an aromatic ring is 1. The van der Waals surface area contributed by atoms with Crippen molar-refractivity contribution in [1.29, 1.82) is 0 Å². The molecule has 0 saturated heterocycles. The monoisotopic (exact) mass is 237 g/mol. The second kappa shape index (κ2) is 2.50. The molecule has 3 rings (SSSR count). The average Bonchev–Trinajstić information content (AvgIpc) is 2.47. The van der Waals surface area contributed by atoms with Crippen molar-refractivity contribution in [3.05, 3.63) is 26.7 Å². The van der Waals surface area contributed by atoms with Gasteiger partial charge in [-0.25, -0.2) is 0 Å². The zero-order valence-corrected chi connectivity index (χ0v) is 9.08. The van der Waals surface area contributed by atoms with Crippen LogP contribution in [0.4, 0.5) is 5.69 Å². The molecule has 0 spiro atoms. The fraction of sp³-hybridized carbons (Fsp3) is 0.455. The first kappa shape index (κ1) is 7.86. The summed E-state index contributed by atoms with van der Waals surface area (Å²) < 4.78 is 1.37. The van der Waals surface area contributed by atoms with Gasteiger partial charge in [-0.05, 0) is 54.4 Å². The smallest absolute Gasteiger partial charge is 0.0385 e. The lowest BCUT2D eigenvalue weighted by molar-refractivity contribution is 0.830. The highest BCUT2D eigenvalue weighted by Crippen LogP contribution is 2.43. The van der Waals surface area contributed by atoms with Gasteiger partial charge in [0.15, 0.2) is 0 Å². The zero-order valence-electron chi connectivity index (χ0n) is 7.49. The molecule has 2 aliphatic carbocycles. The summed E-state index contributed by atoms with van der Waals surface area (Å²) in [6, 6.07) is 0. The molecule has 2 heteroatoms. The van der Waals surface area contributed by atoms with Gasteiger partial charge in [-0.2, -0.15) is 0 Å². The Morgan fingerprint density at radius 2 is 1.38 bits per heavy atom. The molecule has 68 valence electrons. The van der Waals surface area contributed by atoms with Gasteiger partial charge in [0.2, 0.25) is 0 Å². The lowest BCUT2D eigenvalue weighted by Crippen LogP contribution is -2.15. The minimum Gasteiger partial charge on any atom is -0.398 e. The predicted octanol–water partition coefficient (Wildman–Crippen LogP) is 2.62. The van der Waals surface area contributed by atoms with E-state index in [0.717, 1.165) is 5.69 Å². The molecular formula is C11H12BrN. The third-order valence-electron chi connectivity index (χ3n) is 3.39. The first-order valence-corrected chi connectivity index (χ1v) is 5.68. The molecule has 0 aromatic heterocycles. The Hall–Kier alpha value is -0.500. The zero-order chi connectivity index (χ0) is 9.00. The Bertz CT molecular complexity index is 359. The number of benzene rings is 1. The number of fused-ring (bicyclic) bond motifs is 2. The molecule has 13 heavy (non-hydrogen) atoms. The number of nitrogens with two attached hydrogens (primary N) is 1. The summed E-state index contributed by atoms with van der Waals surface area (Å²) in [5.41, 5.74) is 13.1. The fourth-order valence-electron chi connectivity index (χ4n) is 2.56. The van der Waals surface area contributed by atoms with Gasteiger partial charge in [0.05, 0.1) is 0 Å². The standard InChI is InChI=1S/C11H12BrN/c12-10-6-2-1-3-8(6)11(13)9-5-4-7(9)10/h1-5,13H2. The minimum atomic E-state index is 1.11. The Labute approximate surface area is 86.5 Å². The first-order valence-electron chi connectivity index (χ1n) is 4.89. The molecule has 0 heterocycles. The molecule has 1 nitrogen and oxygen atoms in total. The maximum absolute atomic E-state index is 6.13. The van der Waals surface area contributed by atoms with E-state index in [9.17, 15) is 0 Å². The second-order valence-corrected chi connectivity index (χ2v) is 4.79. The maximum atomic E-state index is 6.13. The Morgan fingerprint density at radius 1 is 0.846 bits per heavy atom. The molecule has 0 atom stereocenters. The summed E-state index contributed by atoms with van der Waals surface area (Å²) >= 11 is 3.71. The Balaban J connectivity index is 2.35. The first-order chi connectivity index (χ1) is 6.29.